The summed E-state index contributed by atoms with van der Waals surface area (Å²) >= 11 is 3.32. The molecule has 0 radical (unpaired) electrons. The maximum absolute atomic E-state index is 5.43. The van der Waals surface area contributed by atoms with Crippen molar-refractivity contribution in [1.29, 1.82) is 0 Å². The number of nitrogens with one attached hydrogen (secondary N) is 1. The van der Waals surface area contributed by atoms with Crippen LogP contribution in [-0.2, 0) is 6.42 Å². The molecule has 0 aliphatic heterocycles. The highest BCUT2D eigenvalue weighted by molar-refractivity contribution is 9.10. The summed E-state index contributed by atoms with van der Waals surface area (Å²) in [7, 11) is 1.97. The molecule has 0 bridgehead atoms. The molecule has 0 aliphatic carbocycles. The van der Waals surface area contributed by atoms with E-state index in [0.29, 0.717) is 0 Å². The Hall–Kier alpha value is -0.800. The van der Waals surface area contributed by atoms with E-state index >= 15 is 0 Å². The fourth-order valence-corrected chi connectivity index (χ4v) is 1.91. The normalized spacial score (nSPS) is 11.0. The Balaban J connectivity index is 2.31. The van der Waals surface area contributed by atoms with Crippen LogP contribution in [0.3, 0.4) is 0 Å². The van der Waals surface area contributed by atoms with Crippen molar-refractivity contribution in [2.75, 3.05) is 13.6 Å². The van der Waals surface area contributed by atoms with Gasteiger partial charge >= 0.3 is 0 Å². The van der Waals surface area contributed by atoms with Crippen LogP contribution in [0, 0.1) is 0 Å². The summed E-state index contributed by atoms with van der Waals surface area (Å²) in [4.78, 5) is 0. The number of rotatable bonds is 3. The van der Waals surface area contributed by atoms with E-state index in [-0.39, 0.29) is 0 Å². The van der Waals surface area contributed by atoms with Gasteiger partial charge in [-0.1, -0.05) is 6.07 Å². The van der Waals surface area contributed by atoms with E-state index in [1.807, 2.05) is 19.2 Å². The zero-order chi connectivity index (χ0) is 9.97. The van der Waals surface area contributed by atoms with Crippen LogP contribution in [0.2, 0.25) is 0 Å². The quantitative estimate of drug-likeness (QED) is 0.910. The summed E-state index contributed by atoms with van der Waals surface area (Å²) in [5.41, 5.74) is 2.27. The Bertz CT molecular complexity index is 436. The number of likely N-dealkylation sites (N-methyl/N-ethyl adjacent to an activating group) is 1. The monoisotopic (exact) mass is 253 g/mol. The van der Waals surface area contributed by atoms with E-state index in [4.69, 9.17) is 4.42 Å². The van der Waals surface area contributed by atoms with E-state index in [2.05, 4.69) is 33.4 Å². The minimum Gasteiger partial charge on any atom is -0.449 e. The maximum atomic E-state index is 5.43. The molecule has 0 saturated carbocycles. The molecule has 74 valence electrons. The van der Waals surface area contributed by atoms with Crippen LogP contribution < -0.4 is 5.32 Å². The van der Waals surface area contributed by atoms with Crippen molar-refractivity contribution in [3.8, 4) is 0 Å². The SMILES string of the molecule is CNCCc1ccc2oc(Br)cc2c1. The molecule has 1 N–H and O–H groups in total. The number of hydrogen-bond donors (Lipinski definition) is 1. The molecule has 1 aromatic carbocycles. The van der Waals surface area contributed by atoms with E-state index in [9.17, 15) is 0 Å². The highest BCUT2D eigenvalue weighted by Crippen LogP contribution is 2.24. The fourth-order valence-electron chi connectivity index (χ4n) is 1.49. The minimum absolute atomic E-state index is 0.790. The van der Waals surface area contributed by atoms with Gasteiger partial charge < -0.3 is 9.73 Å². The Kier molecular flexibility index (Phi) is 2.89. The smallest absolute Gasteiger partial charge is 0.170 e. The first-order valence-electron chi connectivity index (χ1n) is 4.62. The lowest BCUT2D eigenvalue weighted by molar-refractivity contribution is 0.587. The fraction of sp³-hybridized carbons (Fsp3) is 0.273. The molecule has 0 amide bonds. The molecule has 0 atom stereocenters. The predicted octanol–water partition coefficient (Wildman–Crippen LogP) is 2.96. The van der Waals surface area contributed by atoms with Crippen molar-refractivity contribution >= 4 is 26.9 Å². The van der Waals surface area contributed by atoms with Gasteiger partial charge in [-0.05, 0) is 59.7 Å². The minimum atomic E-state index is 0.790. The van der Waals surface area contributed by atoms with Crippen molar-refractivity contribution in [3.05, 3.63) is 34.5 Å². The third-order valence-corrected chi connectivity index (χ3v) is 2.61. The van der Waals surface area contributed by atoms with Gasteiger partial charge in [-0.2, -0.15) is 0 Å². The van der Waals surface area contributed by atoms with Gasteiger partial charge in [0.05, 0.1) is 0 Å². The van der Waals surface area contributed by atoms with Gasteiger partial charge in [0.1, 0.15) is 5.58 Å². The summed E-state index contributed by atoms with van der Waals surface area (Å²) in [6, 6.07) is 8.29. The standard InChI is InChI=1S/C11H12BrNO/c1-13-5-4-8-2-3-10-9(6-8)7-11(12)14-10/h2-3,6-7,13H,4-5H2,1H3. The van der Waals surface area contributed by atoms with Crippen molar-refractivity contribution in [3.63, 3.8) is 0 Å². The van der Waals surface area contributed by atoms with Crippen LogP contribution >= 0.6 is 15.9 Å². The third kappa shape index (κ3) is 1.99. The Morgan fingerprint density at radius 1 is 1.36 bits per heavy atom. The summed E-state index contributed by atoms with van der Waals surface area (Å²) in [5, 5.41) is 4.29. The van der Waals surface area contributed by atoms with Crippen LogP contribution in [-0.4, -0.2) is 13.6 Å². The lowest BCUT2D eigenvalue weighted by Gasteiger charge is -1.99. The molecule has 0 saturated heterocycles. The second kappa shape index (κ2) is 4.15. The zero-order valence-electron chi connectivity index (χ0n) is 8.01. The molecular weight excluding hydrogens is 242 g/mol. The molecule has 0 unspecified atom stereocenters. The highest BCUT2D eigenvalue weighted by atomic mass is 79.9. The van der Waals surface area contributed by atoms with Gasteiger partial charge in [0.25, 0.3) is 0 Å². The summed E-state index contributed by atoms with van der Waals surface area (Å²) in [6.07, 6.45) is 1.05. The summed E-state index contributed by atoms with van der Waals surface area (Å²) in [6.45, 7) is 1.00. The number of halogens is 1. The molecule has 0 aliphatic rings. The third-order valence-electron chi connectivity index (χ3n) is 2.21. The van der Waals surface area contributed by atoms with E-state index in [0.717, 1.165) is 28.6 Å². The van der Waals surface area contributed by atoms with Gasteiger partial charge in [0.15, 0.2) is 4.67 Å². The van der Waals surface area contributed by atoms with Crippen LogP contribution in [0.1, 0.15) is 5.56 Å². The Morgan fingerprint density at radius 2 is 2.21 bits per heavy atom. The van der Waals surface area contributed by atoms with Gasteiger partial charge in [-0.3, -0.25) is 0 Å². The molecule has 0 fully saturated rings. The molecule has 3 heteroatoms. The molecular formula is C11H12BrNO. The first-order chi connectivity index (χ1) is 6.79. The van der Waals surface area contributed by atoms with E-state index < -0.39 is 0 Å². The molecule has 1 heterocycles. The van der Waals surface area contributed by atoms with Crippen LogP contribution in [0.5, 0.6) is 0 Å². The van der Waals surface area contributed by atoms with Crippen molar-refractivity contribution in [1.82, 2.24) is 5.32 Å². The number of furan rings is 1. The zero-order valence-corrected chi connectivity index (χ0v) is 9.60. The van der Waals surface area contributed by atoms with Gasteiger partial charge in [0.2, 0.25) is 0 Å². The first-order valence-corrected chi connectivity index (χ1v) is 5.41. The summed E-state index contributed by atoms with van der Waals surface area (Å²) in [5.74, 6) is 0. The largest absolute Gasteiger partial charge is 0.449 e. The average molecular weight is 254 g/mol. The Labute approximate surface area is 91.4 Å². The predicted molar refractivity (Wildman–Crippen MR) is 61.5 cm³/mol. The van der Waals surface area contributed by atoms with Gasteiger partial charge in [-0.25, -0.2) is 0 Å². The molecule has 2 rings (SSSR count). The second-order valence-electron chi connectivity index (χ2n) is 3.28. The van der Waals surface area contributed by atoms with Gasteiger partial charge in [-0.15, -0.1) is 0 Å². The lowest BCUT2D eigenvalue weighted by Crippen LogP contribution is -2.09. The number of hydrogen-bond acceptors (Lipinski definition) is 2. The molecule has 2 nitrogen and oxygen atoms in total. The lowest BCUT2D eigenvalue weighted by atomic mass is 10.1. The topological polar surface area (TPSA) is 25.2 Å². The Morgan fingerprint density at radius 3 is 3.00 bits per heavy atom. The number of fused-ring (bicyclic) bond motifs is 1. The molecule has 0 spiro atoms. The maximum Gasteiger partial charge on any atom is 0.170 e. The van der Waals surface area contributed by atoms with Gasteiger partial charge in [0, 0.05) is 5.39 Å². The van der Waals surface area contributed by atoms with Crippen molar-refractivity contribution in [2.45, 2.75) is 6.42 Å². The second-order valence-corrected chi connectivity index (χ2v) is 4.06. The summed E-state index contributed by atoms with van der Waals surface area (Å²) < 4.78 is 6.22. The number of benzene rings is 1. The van der Waals surface area contributed by atoms with Crippen LogP contribution in [0.25, 0.3) is 11.0 Å². The molecule has 2 aromatic rings. The van der Waals surface area contributed by atoms with Crippen molar-refractivity contribution in [2.24, 2.45) is 0 Å². The first kappa shape index (κ1) is 9.74. The van der Waals surface area contributed by atoms with Crippen LogP contribution in [0.15, 0.2) is 33.4 Å². The highest BCUT2D eigenvalue weighted by Gasteiger charge is 2.01. The van der Waals surface area contributed by atoms with Crippen molar-refractivity contribution < 1.29 is 4.42 Å². The van der Waals surface area contributed by atoms with E-state index in [1.165, 1.54) is 5.56 Å². The van der Waals surface area contributed by atoms with E-state index in [1.54, 1.807) is 0 Å². The molecule has 1 aromatic heterocycles. The average Bonchev–Trinajstić information content (AvgIpc) is 2.54. The molecule has 14 heavy (non-hydrogen) atoms. The van der Waals surface area contributed by atoms with Crippen LogP contribution in [0.4, 0.5) is 0 Å².